The molecule has 0 bridgehead atoms. The van der Waals surface area contributed by atoms with Gasteiger partial charge in [-0.3, -0.25) is 0 Å². The molecule has 1 saturated carbocycles. The number of nitrogens with zero attached hydrogens (tertiary/aromatic N) is 1. The fraction of sp³-hybridized carbons (Fsp3) is 1.00. The topological polar surface area (TPSA) is 15.3 Å². The molecule has 1 aliphatic carbocycles. The van der Waals surface area contributed by atoms with Crippen molar-refractivity contribution in [2.45, 2.75) is 65.8 Å². The van der Waals surface area contributed by atoms with E-state index in [2.05, 4.69) is 45.0 Å². The van der Waals surface area contributed by atoms with Gasteiger partial charge in [-0.2, -0.15) is 0 Å². The summed E-state index contributed by atoms with van der Waals surface area (Å²) in [6.07, 6.45) is 6.88. The molecule has 1 rings (SSSR count). The molecular weight excluding hydrogens is 220 g/mol. The van der Waals surface area contributed by atoms with Crippen molar-refractivity contribution < 1.29 is 0 Å². The maximum atomic E-state index is 3.66. The standard InChI is InChI=1S/C16H34N2/c1-6-10-16(4,12-17-11-14(2)3)13-18(5)15-8-7-9-15/h14-15,17H,6-13H2,1-5H3. The van der Waals surface area contributed by atoms with Crippen LogP contribution in [0.25, 0.3) is 0 Å². The van der Waals surface area contributed by atoms with Gasteiger partial charge < -0.3 is 10.2 Å². The van der Waals surface area contributed by atoms with E-state index >= 15 is 0 Å². The summed E-state index contributed by atoms with van der Waals surface area (Å²) in [7, 11) is 2.32. The van der Waals surface area contributed by atoms with Crippen LogP contribution in [0.3, 0.4) is 0 Å². The van der Waals surface area contributed by atoms with Gasteiger partial charge in [0.25, 0.3) is 0 Å². The lowest BCUT2D eigenvalue weighted by Crippen LogP contribution is -2.47. The monoisotopic (exact) mass is 254 g/mol. The summed E-state index contributed by atoms with van der Waals surface area (Å²) in [4.78, 5) is 2.61. The lowest BCUT2D eigenvalue weighted by atomic mass is 9.82. The van der Waals surface area contributed by atoms with Crippen LogP contribution >= 0.6 is 0 Å². The van der Waals surface area contributed by atoms with Crippen LogP contribution in [0.1, 0.15) is 59.8 Å². The first-order valence-corrected chi connectivity index (χ1v) is 7.88. The quantitative estimate of drug-likeness (QED) is 0.677. The van der Waals surface area contributed by atoms with Crippen LogP contribution in [-0.2, 0) is 0 Å². The Morgan fingerprint density at radius 1 is 1.33 bits per heavy atom. The Kier molecular flexibility index (Phi) is 6.65. The Bertz CT molecular complexity index is 223. The van der Waals surface area contributed by atoms with E-state index in [9.17, 15) is 0 Å². The van der Waals surface area contributed by atoms with E-state index in [4.69, 9.17) is 0 Å². The van der Waals surface area contributed by atoms with E-state index in [1.165, 1.54) is 38.6 Å². The first kappa shape index (κ1) is 16.0. The fourth-order valence-corrected chi connectivity index (χ4v) is 3.05. The average Bonchev–Trinajstić information content (AvgIpc) is 2.13. The van der Waals surface area contributed by atoms with Gasteiger partial charge in [-0.1, -0.05) is 40.5 Å². The zero-order valence-corrected chi connectivity index (χ0v) is 13.3. The van der Waals surface area contributed by atoms with Gasteiger partial charge in [0.05, 0.1) is 0 Å². The highest BCUT2D eigenvalue weighted by Gasteiger charge is 2.29. The molecule has 2 nitrogen and oxygen atoms in total. The highest BCUT2D eigenvalue weighted by Crippen LogP contribution is 2.29. The average molecular weight is 254 g/mol. The van der Waals surface area contributed by atoms with Crippen molar-refractivity contribution >= 4 is 0 Å². The van der Waals surface area contributed by atoms with Gasteiger partial charge in [-0.15, -0.1) is 0 Å². The molecule has 18 heavy (non-hydrogen) atoms. The highest BCUT2D eigenvalue weighted by atomic mass is 15.1. The molecule has 1 unspecified atom stereocenters. The Hall–Kier alpha value is -0.0800. The first-order chi connectivity index (χ1) is 8.47. The minimum atomic E-state index is 0.438. The van der Waals surface area contributed by atoms with Crippen molar-refractivity contribution in [3.8, 4) is 0 Å². The van der Waals surface area contributed by atoms with E-state index < -0.39 is 0 Å². The van der Waals surface area contributed by atoms with Gasteiger partial charge >= 0.3 is 0 Å². The van der Waals surface area contributed by atoms with Crippen molar-refractivity contribution in [1.29, 1.82) is 0 Å². The second kappa shape index (κ2) is 7.49. The Labute approximate surface area is 115 Å². The van der Waals surface area contributed by atoms with Crippen LogP contribution in [0, 0.1) is 11.3 Å². The van der Waals surface area contributed by atoms with Crippen LogP contribution in [0.5, 0.6) is 0 Å². The van der Waals surface area contributed by atoms with E-state index in [-0.39, 0.29) is 0 Å². The zero-order valence-electron chi connectivity index (χ0n) is 13.3. The van der Waals surface area contributed by atoms with E-state index in [1.54, 1.807) is 0 Å². The predicted molar refractivity (Wildman–Crippen MR) is 81.0 cm³/mol. The van der Waals surface area contributed by atoms with Gasteiger partial charge in [-0.05, 0) is 44.2 Å². The Morgan fingerprint density at radius 3 is 2.44 bits per heavy atom. The van der Waals surface area contributed by atoms with Crippen LogP contribution in [0.15, 0.2) is 0 Å². The molecule has 0 radical (unpaired) electrons. The van der Waals surface area contributed by atoms with Crippen LogP contribution in [0.4, 0.5) is 0 Å². The molecule has 0 aromatic rings. The van der Waals surface area contributed by atoms with Gasteiger partial charge in [-0.25, -0.2) is 0 Å². The molecule has 1 atom stereocenters. The summed E-state index contributed by atoms with van der Waals surface area (Å²) >= 11 is 0. The first-order valence-electron chi connectivity index (χ1n) is 7.88. The van der Waals surface area contributed by atoms with Gasteiger partial charge in [0.15, 0.2) is 0 Å². The van der Waals surface area contributed by atoms with E-state index in [0.29, 0.717) is 5.41 Å². The maximum absolute atomic E-state index is 3.66. The van der Waals surface area contributed by atoms with Crippen molar-refractivity contribution in [3.05, 3.63) is 0 Å². The van der Waals surface area contributed by atoms with Crippen LogP contribution < -0.4 is 5.32 Å². The highest BCUT2D eigenvalue weighted by molar-refractivity contribution is 4.85. The smallest absolute Gasteiger partial charge is 0.00924 e. The lowest BCUT2D eigenvalue weighted by Gasteiger charge is -2.41. The number of hydrogen-bond donors (Lipinski definition) is 1. The summed E-state index contributed by atoms with van der Waals surface area (Å²) in [5.74, 6) is 0.750. The number of nitrogens with one attached hydrogen (secondary N) is 1. The molecule has 1 N–H and O–H groups in total. The Balaban J connectivity index is 2.39. The Morgan fingerprint density at radius 2 is 2.00 bits per heavy atom. The van der Waals surface area contributed by atoms with Crippen molar-refractivity contribution in [2.75, 3.05) is 26.7 Å². The lowest BCUT2D eigenvalue weighted by molar-refractivity contribution is 0.0942. The maximum Gasteiger partial charge on any atom is 0.00924 e. The third kappa shape index (κ3) is 5.27. The predicted octanol–water partition coefficient (Wildman–Crippen LogP) is 3.52. The van der Waals surface area contributed by atoms with Gasteiger partial charge in [0, 0.05) is 19.1 Å². The molecule has 0 saturated heterocycles. The zero-order chi connectivity index (χ0) is 13.6. The second-order valence-corrected chi connectivity index (χ2v) is 7.09. The molecule has 0 spiro atoms. The molecule has 0 aromatic carbocycles. The number of rotatable bonds is 9. The summed E-state index contributed by atoms with van der Waals surface area (Å²) in [6.45, 7) is 12.9. The van der Waals surface area contributed by atoms with Crippen LogP contribution in [-0.4, -0.2) is 37.6 Å². The summed E-state index contributed by atoms with van der Waals surface area (Å²) in [6, 6.07) is 0.867. The van der Waals surface area contributed by atoms with Crippen molar-refractivity contribution in [3.63, 3.8) is 0 Å². The summed E-state index contributed by atoms with van der Waals surface area (Å²) < 4.78 is 0. The molecule has 0 aromatic heterocycles. The van der Waals surface area contributed by atoms with Gasteiger partial charge in [0.2, 0.25) is 0 Å². The molecule has 0 heterocycles. The SMILES string of the molecule is CCCC(C)(CNCC(C)C)CN(C)C1CCC1. The molecule has 1 fully saturated rings. The summed E-state index contributed by atoms with van der Waals surface area (Å²) in [5.41, 5.74) is 0.438. The normalized spacial score (nSPS) is 20.2. The molecular formula is C16H34N2. The third-order valence-corrected chi connectivity index (χ3v) is 4.29. The van der Waals surface area contributed by atoms with Crippen molar-refractivity contribution in [2.24, 2.45) is 11.3 Å². The minimum absolute atomic E-state index is 0.438. The molecule has 0 amide bonds. The largest absolute Gasteiger partial charge is 0.316 e. The van der Waals surface area contributed by atoms with Crippen molar-refractivity contribution in [1.82, 2.24) is 10.2 Å². The van der Waals surface area contributed by atoms with E-state index in [1.807, 2.05) is 0 Å². The second-order valence-electron chi connectivity index (χ2n) is 7.09. The van der Waals surface area contributed by atoms with Crippen LogP contribution in [0.2, 0.25) is 0 Å². The molecule has 2 heteroatoms. The van der Waals surface area contributed by atoms with Gasteiger partial charge in [0.1, 0.15) is 0 Å². The number of hydrogen-bond acceptors (Lipinski definition) is 2. The molecule has 0 aliphatic heterocycles. The summed E-state index contributed by atoms with van der Waals surface area (Å²) in [5, 5.41) is 3.66. The third-order valence-electron chi connectivity index (χ3n) is 4.29. The molecule has 1 aliphatic rings. The fourth-order valence-electron chi connectivity index (χ4n) is 3.05. The van der Waals surface area contributed by atoms with E-state index in [0.717, 1.165) is 25.0 Å². The molecule has 108 valence electrons. The minimum Gasteiger partial charge on any atom is -0.316 e.